The maximum atomic E-state index is 11.2. The Morgan fingerprint density at radius 2 is 2.22 bits per heavy atom. The van der Waals surface area contributed by atoms with Gasteiger partial charge in [0, 0.05) is 17.2 Å². The van der Waals surface area contributed by atoms with Crippen molar-refractivity contribution in [3.63, 3.8) is 0 Å². The number of benzene rings is 1. The fraction of sp³-hybridized carbons (Fsp3) is 0.0833. The molecule has 0 fully saturated rings. The number of hydrogen-bond donors (Lipinski definition) is 1. The number of aromatic nitrogens is 2. The molecule has 0 saturated carbocycles. The van der Waals surface area contributed by atoms with Crippen LogP contribution < -0.4 is 5.56 Å². The molecule has 0 aliphatic carbocycles. The van der Waals surface area contributed by atoms with E-state index < -0.39 is 11.5 Å². The Labute approximate surface area is 111 Å². The molecule has 0 aliphatic heterocycles. The number of nitrogens with zero attached hydrogens (tertiary/aromatic N) is 2. The average molecular weight is 309 g/mol. The Kier molecular flexibility index (Phi) is 3.57. The Hall–Kier alpha value is -1.95. The highest BCUT2D eigenvalue weighted by atomic mass is 79.9. The first kappa shape index (κ1) is 12.5. The summed E-state index contributed by atoms with van der Waals surface area (Å²) in [5.41, 5.74) is -0.0772. The summed E-state index contributed by atoms with van der Waals surface area (Å²) in [5.74, 6) is -1.27. The van der Waals surface area contributed by atoms with E-state index in [1.54, 1.807) is 4.57 Å². The molecular weight excluding hydrogens is 300 g/mol. The number of carboxylic acid groups (broad SMARTS) is 1. The second-order valence-electron chi connectivity index (χ2n) is 3.70. The van der Waals surface area contributed by atoms with Crippen LogP contribution in [0.15, 0.2) is 46.1 Å². The maximum absolute atomic E-state index is 11.2. The van der Waals surface area contributed by atoms with Gasteiger partial charge in [0.15, 0.2) is 0 Å². The zero-order valence-electron chi connectivity index (χ0n) is 9.21. The molecule has 0 saturated heterocycles. The van der Waals surface area contributed by atoms with Crippen molar-refractivity contribution in [3.8, 4) is 0 Å². The quantitative estimate of drug-likeness (QED) is 0.937. The minimum absolute atomic E-state index is 0.326. The topological polar surface area (TPSA) is 72.2 Å². The normalized spacial score (nSPS) is 10.3. The van der Waals surface area contributed by atoms with Gasteiger partial charge in [-0.25, -0.2) is 4.79 Å². The lowest BCUT2D eigenvalue weighted by Crippen LogP contribution is -2.20. The highest BCUT2D eigenvalue weighted by molar-refractivity contribution is 9.10. The summed E-state index contributed by atoms with van der Waals surface area (Å²) in [6.07, 6.45) is 2.62. The van der Waals surface area contributed by atoms with Gasteiger partial charge in [0.1, 0.15) is 5.56 Å². The van der Waals surface area contributed by atoms with E-state index in [0.717, 1.165) is 10.0 Å². The summed E-state index contributed by atoms with van der Waals surface area (Å²) in [6.45, 7) is 0.451. The van der Waals surface area contributed by atoms with E-state index in [4.69, 9.17) is 5.11 Å². The van der Waals surface area contributed by atoms with E-state index in [-0.39, 0.29) is 5.56 Å². The molecule has 2 aromatic rings. The summed E-state index contributed by atoms with van der Waals surface area (Å²) >= 11 is 3.36. The number of hydrogen-bond acceptors (Lipinski definition) is 3. The van der Waals surface area contributed by atoms with Gasteiger partial charge in [0.05, 0.1) is 6.33 Å². The average Bonchev–Trinajstić information content (AvgIpc) is 2.31. The standard InChI is InChI=1S/C12H9BrN2O3/c13-9-3-1-2-8(4-9)5-15-6-10(12(17)18)11(16)14-7-15/h1-4,6-7H,5H2,(H,17,18). The molecule has 2 rings (SSSR count). The lowest BCUT2D eigenvalue weighted by Gasteiger charge is -2.06. The van der Waals surface area contributed by atoms with Crippen molar-refractivity contribution in [3.05, 3.63) is 62.7 Å². The van der Waals surface area contributed by atoms with Crippen LogP contribution in [0.4, 0.5) is 0 Å². The van der Waals surface area contributed by atoms with Gasteiger partial charge in [-0.3, -0.25) is 4.79 Å². The highest BCUT2D eigenvalue weighted by Crippen LogP contribution is 2.12. The first-order valence-corrected chi connectivity index (χ1v) is 5.89. The maximum Gasteiger partial charge on any atom is 0.342 e. The minimum Gasteiger partial charge on any atom is -0.477 e. The molecule has 0 spiro atoms. The van der Waals surface area contributed by atoms with Gasteiger partial charge in [0.2, 0.25) is 0 Å². The van der Waals surface area contributed by atoms with E-state index in [1.165, 1.54) is 12.5 Å². The second kappa shape index (κ2) is 5.14. The number of halogens is 1. The third-order valence-corrected chi connectivity index (χ3v) is 2.83. The van der Waals surface area contributed by atoms with Crippen molar-refractivity contribution in [2.75, 3.05) is 0 Å². The molecule has 6 heteroatoms. The van der Waals surface area contributed by atoms with Gasteiger partial charge in [0.25, 0.3) is 5.56 Å². The van der Waals surface area contributed by atoms with E-state index in [0.29, 0.717) is 6.54 Å². The summed E-state index contributed by atoms with van der Waals surface area (Å²) in [7, 11) is 0. The fourth-order valence-electron chi connectivity index (χ4n) is 1.53. The van der Waals surface area contributed by atoms with E-state index >= 15 is 0 Å². The van der Waals surface area contributed by atoms with Crippen molar-refractivity contribution in [2.45, 2.75) is 6.54 Å². The molecule has 0 atom stereocenters. The van der Waals surface area contributed by atoms with Gasteiger partial charge >= 0.3 is 5.97 Å². The summed E-state index contributed by atoms with van der Waals surface area (Å²) < 4.78 is 2.50. The summed E-state index contributed by atoms with van der Waals surface area (Å²) in [6, 6.07) is 7.60. The summed E-state index contributed by atoms with van der Waals surface area (Å²) in [4.78, 5) is 25.6. The van der Waals surface area contributed by atoms with Crippen molar-refractivity contribution in [2.24, 2.45) is 0 Å². The molecule has 0 amide bonds. The highest BCUT2D eigenvalue weighted by Gasteiger charge is 2.09. The zero-order valence-corrected chi connectivity index (χ0v) is 10.8. The first-order chi connectivity index (χ1) is 8.56. The van der Waals surface area contributed by atoms with Gasteiger partial charge in [-0.15, -0.1) is 0 Å². The van der Waals surface area contributed by atoms with Crippen LogP contribution in [-0.4, -0.2) is 20.6 Å². The Balaban J connectivity index is 2.33. The van der Waals surface area contributed by atoms with Crippen LogP contribution in [0.5, 0.6) is 0 Å². The molecule has 0 unspecified atom stereocenters. The number of carbonyl (C=O) groups is 1. The predicted octanol–water partition coefficient (Wildman–Crippen LogP) is 1.75. The molecule has 0 radical (unpaired) electrons. The van der Waals surface area contributed by atoms with Crippen molar-refractivity contribution < 1.29 is 9.90 Å². The van der Waals surface area contributed by atoms with Crippen molar-refractivity contribution in [1.82, 2.24) is 9.55 Å². The van der Waals surface area contributed by atoms with Gasteiger partial charge in [-0.1, -0.05) is 28.1 Å². The smallest absolute Gasteiger partial charge is 0.342 e. The van der Waals surface area contributed by atoms with Crippen molar-refractivity contribution in [1.29, 1.82) is 0 Å². The summed E-state index contributed by atoms with van der Waals surface area (Å²) in [5, 5.41) is 8.84. The van der Waals surface area contributed by atoms with Crippen LogP contribution in [0, 0.1) is 0 Å². The van der Waals surface area contributed by atoms with E-state index in [1.807, 2.05) is 24.3 Å². The van der Waals surface area contributed by atoms with Crippen LogP contribution >= 0.6 is 15.9 Å². The number of carboxylic acids is 1. The lowest BCUT2D eigenvalue weighted by molar-refractivity contribution is 0.0694. The van der Waals surface area contributed by atoms with Crippen LogP contribution in [0.25, 0.3) is 0 Å². The monoisotopic (exact) mass is 308 g/mol. The minimum atomic E-state index is -1.27. The molecule has 1 aromatic carbocycles. The van der Waals surface area contributed by atoms with Gasteiger partial charge in [-0.2, -0.15) is 4.98 Å². The number of aromatic carboxylic acids is 1. The predicted molar refractivity (Wildman–Crippen MR) is 68.7 cm³/mol. The van der Waals surface area contributed by atoms with Crippen LogP contribution in [0.1, 0.15) is 15.9 Å². The van der Waals surface area contributed by atoms with E-state index in [9.17, 15) is 9.59 Å². The zero-order chi connectivity index (χ0) is 13.1. The lowest BCUT2D eigenvalue weighted by atomic mass is 10.2. The largest absolute Gasteiger partial charge is 0.477 e. The van der Waals surface area contributed by atoms with Crippen LogP contribution in [-0.2, 0) is 6.54 Å². The molecular formula is C12H9BrN2O3. The Morgan fingerprint density at radius 3 is 2.89 bits per heavy atom. The SMILES string of the molecule is O=C(O)c1cn(Cc2cccc(Br)c2)cnc1=O. The van der Waals surface area contributed by atoms with E-state index in [2.05, 4.69) is 20.9 Å². The van der Waals surface area contributed by atoms with Crippen LogP contribution in [0.2, 0.25) is 0 Å². The third-order valence-electron chi connectivity index (χ3n) is 2.33. The van der Waals surface area contributed by atoms with Crippen LogP contribution in [0.3, 0.4) is 0 Å². The molecule has 1 N–H and O–H groups in total. The first-order valence-electron chi connectivity index (χ1n) is 5.10. The molecule has 1 heterocycles. The van der Waals surface area contributed by atoms with Gasteiger partial charge in [-0.05, 0) is 17.7 Å². The Morgan fingerprint density at radius 1 is 1.44 bits per heavy atom. The molecule has 1 aromatic heterocycles. The van der Waals surface area contributed by atoms with Crippen molar-refractivity contribution >= 4 is 21.9 Å². The van der Waals surface area contributed by atoms with Gasteiger partial charge < -0.3 is 9.67 Å². The fourth-order valence-corrected chi connectivity index (χ4v) is 1.98. The second-order valence-corrected chi connectivity index (χ2v) is 4.62. The third kappa shape index (κ3) is 2.84. The molecule has 0 bridgehead atoms. The number of rotatable bonds is 3. The molecule has 18 heavy (non-hydrogen) atoms. The molecule has 0 aliphatic rings. The molecule has 92 valence electrons. The molecule has 5 nitrogen and oxygen atoms in total. The Bertz CT molecular complexity index is 652.